The third-order valence-corrected chi connectivity index (χ3v) is 6.36. The molecule has 16 heavy (non-hydrogen) atoms. The van der Waals surface area contributed by atoms with Gasteiger partial charge in [-0.2, -0.15) is 0 Å². The Kier molecular flexibility index (Phi) is 5.45. The van der Waals surface area contributed by atoms with E-state index in [4.69, 9.17) is 5.73 Å². The van der Waals surface area contributed by atoms with E-state index >= 15 is 0 Å². The molecule has 2 nitrogen and oxygen atoms in total. The van der Waals surface area contributed by atoms with E-state index in [2.05, 4.69) is 27.7 Å². The van der Waals surface area contributed by atoms with Crippen LogP contribution in [0, 0.1) is 11.8 Å². The van der Waals surface area contributed by atoms with Gasteiger partial charge in [-0.1, -0.05) is 27.7 Å². The van der Waals surface area contributed by atoms with Crippen molar-refractivity contribution in [3.8, 4) is 0 Å². The second-order valence-electron chi connectivity index (χ2n) is 5.57. The maximum Gasteiger partial charge on any atom is 0.0504 e. The highest BCUT2D eigenvalue weighted by molar-refractivity contribution is 7.86. The van der Waals surface area contributed by atoms with Crippen LogP contribution in [-0.2, 0) is 10.8 Å². The Balaban J connectivity index is 2.66. The van der Waals surface area contributed by atoms with Gasteiger partial charge in [0.15, 0.2) is 0 Å². The first-order valence-corrected chi connectivity index (χ1v) is 7.89. The summed E-state index contributed by atoms with van der Waals surface area (Å²) >= 11 is 0. The fourth-order valence-corrected chi connectivity index (χ4v) is 4.36. The lowest BCUT2D eigenvalue weighted by Gasteiger charge is -2.36. The molecule has 96 valence electrons. The normalized spacial score (nSPS) is 35.0. The summed E-state index contributed by atoms with van der Waals surface area (Å²) in [4.78, 5) is 0. The Labute approximate surface area is 103 Å². The van der Waals surface area contributed by atoms with Gasteiger partial charge >= 0.3 is 0 Å². The molecule has 0 spiro atoms. The van der Waals surface area contributed by atoms with E-state index in [-0.39, 0.29) is 11.3 Å². The Morgan fingerprint density at radius 2 is 1.94 bits per heavy atom. The fraction of sp³-hybridized carbons (Fsp3) is 1.00. The molecule has 1 saturated carbocycles. The van der Waals surface area contributed by atoms with Crippen LogP contribution in [0.1, 0.15) is 53.4 Å². The molecule has 1 aliphatic rings. The van der Waals surface area contributed by atoms with E-state index in [1.54, 1.807) is 0 Å². The minimum Gasteiger partial charge on any atom is -0.327 e. The summed E-state index contributed by atoms with van der Waals surface area (Å²) < 4.78 is 12.3. The molecule has 0 radical (unpaired) electrons. The Bertz CT molecular complexity index is 242. The highest BCUT2D eigenvalue weighted by atomic mass is 32.2. The van der Waals surface area contributed by atoms with Crippen LogP contribution in [0.2, 0.25) is 0 Å². The molecule has 3 heteroatoms. The van der Waals surface area contributed by atoms with Crippen LogP contribution in [0.3, 0.4) is 0 Å². The average molecular weight is 245 g/mol. The van der Waals surface area contributed by atoms with Gasteiger partial charge in [0, 0.05) is 22.1 Å². The van der Waals surface area contributed by atoms with E-state index in [0.717, 1.165) is 25.2 Å². The minimum absolute atomic E-state index is 0.157. The van der Waals surface area contributed by atoms with Gasteiger partial charge in [-0.25, -0.2) is 0 Å². The smallest absolute Gasteiger partial charge is 0.0504 e. The predicted octanol–water partition coefficient (Wildman–Crippen LogP) is 2.69. The first-order valence-electron chi connectivity index (χ1n) is 6.62. The number of hydrogen-bond acceptors (Lipinski definition) is 2. The van der Waals surface area contributed by atoms with Gasteiger partial charge in [-0.05, 0) is 37.5 Å². The topological polar surface area (TPSA) is 43.1 Å². The van der Waals surface area contributed by atoms with Gasteiger partial charge in [0.2, 0.25) is 0 Å². The Morgan fingerprint density at radius 3 is 2.44 bits per heavy atom. The van der Waals surface area contributed by atoms with Crippen LogP contribution in [0.5, 0.6) is 0 Å². The molecule has 2 N–H and O–H groups in total. The van der Waals surface area contributed by atoms with Crippen molar-refractivity contribution in [2.24, 2.45) is 17.6 Å². The molecule has 5 unspecified atom stereocenters. The van der Waals surface area contributed by atoms with Crippen LogP contribution >= 0.6 is 0 Å². The van der Waals surface area contributed by atoms with Crippen molar-refractivity contribution >= 4 is 10.8 Å². The van der Waals surface area contributed by atoms with Crippen molar-refractivity contribution < 1.29 is 4.21 Å². The summed E-state index contributed by atoms with van der Waals surface area (Å²) in [6, 6.07) is 0.157. The van der Waals surface area contributed by atoms with Crippen molar-refractivity contribution in [3.05, 3.63) is 0 Å². The molecule has 0 aliphatic heterocycles. The molecule has 0 aromatic rings. The summed E-state index contributed by atoms with van der Waals surface area (Å²) in [5, 5.41) is 0.526. The number of nitrogens with two attached hydrogens (primary N) is 1. The molecule has 1 rings (SSSR count). The van der Waals surface area contributed by atoms with Crippen molar-refractivity contribution in [1.82, 2.24) is 0 Å². The van der Waals surface area contributed by atoms with Crippen molar-refractivity contribution in [2.45, 2.75) is 69.9 Å². The predicted molar refractivity (Wildman–Crippen MR) is 71.8 cm³/mol. The SMILES string of the molecule is CCC(C)S(=O)C1CC(C(C)C)CCC1N. The van der Waals surface area contributed by atoms with E-state index in [9.17, 15) is 4.21 Å². The zero-order chi connectivity index (χ0) is 12.3. The van der Waals surface area contributed by atoms with Crippen LogP contribution in [-0.4, -0.2) is 20.8 Å². The van der Waals surface area contributed by atoms with Gasteiger partial charge in [0.25, 0.3) is 0 Å². The quantitative estimate of drug-likeness (QED) is 0.827. The van der Waals surface area contributed by atoms with Crippen LogP contribution in [0.15, 0.2) is 0 Å². The zero-order valence-electron chi connectivity index (χ0n) is 11.1. The molecule has 0 heterocycles. The standard InChI is InChI=1S/C13H27NOS/c1-5-10(4)16(15)13-8-11(9(2)3)6-7-12(13)14/h9-13H,5-8,14H2,1-4H3. The highest BCUT2D eigenvalue weighted by Gasteiger charge is 2.34. The molecule has 0 amide bonds. The lowest BCUT2D eigenvalue weighted by atomic mass is 9.79. The van der Waals surface area contributed by atoms with Crippen LogP contribution in [0.4, 0.5) is 0 Å². The van der Waals surface area contributed by atoms with Crippen molar-refractivity contribution in [2.75, 3.05) is 0 Å². The largest absolute Gasteiger partial charge is 0.327 e. The molecular formula is C13H27NOS. The molecule has 1 fully saturated rings. The zero-order valence-corrected chi connectivity index (χ0v) is 11.9. The summed E-state index contributed by atoms with van der Waals surface area (Å²) in [5.41, 5.74) is 6.14. The third kappa shape index (κ3) is 3.30. The van der Waals surface area contributed by atoms with Gasteiger partial charge in [0.05, 0.1) is 5.25 Å². The molecule has 0 saturated heterocycles. The first kappa shape index (κ1) is 14.2. The number of rotatable bonds is 4. The molecule has 5 atom stereocenters. The highest BCUT2D eigenvalue weighted by Crippen LogP contribution is 2.33. The van der Waals surface area contributed by atoms with Gasteiger partial charge in [0.1, 0.15) is 0 Å². The van der Waals surface area contributed by atoms with Gasteiger partial charge in [-0.3, -0.25) is 4.21 Å². The molecule has 0 aromatic heterocycles. The summed E-state index contributed by atoms with van der Waals surface area (Å²) in [6.07, 6.45) is 4.32. The van der Waals surface area contributed by atoms with Gasteiger partial charge in [-0.15, -0.1) is 0 Å². The third-order valence-electron chi connectivity index (χ3n) is 4.10. The lowest BCUT2D eigenvalue weighted by Crippen LogP contribution is -2.45. The Hall–Kier alpha value is 0.110. The molecular weight excluding hydrogens is 218 g/mol. The van der Waals surface area contributed by atoms with E-state index in [1.165, 1.54) is 6.42 Å². The maximum absolute atomic E-state index is 12.3. The van der Waals surface area contributed by atoms with E-state index in [0.29, 0.717) is 11.2 Å². The lowest BCUT2D eigenvalue weighted by molar-refractivity contribution is 0.263. The minimum atomic E-state index is -0.744. The molecule has 1 aliphatic carbocycles. The first-order chi connectivity index (χ1) is 7.47. The second kappa shape index (κ2) is 6.15. The van der Waals surface area contributed by atoms with Crippen LogP contribution < -0.4 is 5.73 Å². The number of hydrogen-bond donors (Lipinski definition) is 1. The van der Waals surface area contributed by atoms with Crippen molar-refractivity contribution in [3.63, 3.8) is 0 Å². The summed E-state index contributed by atoms with van der Waals surface area (Å²) in [5.74, 6) is 1.42. The Morgan fingerprint density at radius 1 is 1.31 bits per heavy atom. The molecule has 0 bridgehead atoms. The fourth-order valence-electron chi connectivity index (χ4n) is 2.52. The van der Waals surface area contributed by atoms with Gasteiger partial charge < -0.3 is 5.73 Å². The van der Waals surface area contributed by atoms with Crippen LogP contribution in [0.25, 0.3) is 0 Å². The summed E-state index contributed by atoms with van der Waals surface area (Å²) in [6.45, 7) is 8.73. The summed E-state index contributed by atoms with van der Waals surface area (Å²) in [7, 11) is -0.744. The van der Waals surface area contributed by atoms with E-state index in [1.807, 2.05) is 0 Å². The molecule has 0 aromatic carbocycles. The van der Waals surface area contributed by atoms with Crippen molar-refractivity contribution in [1.29, 1.82) is 0 Å². The monoisotopic (exact) mass is 245 g/mol. The maximum atomic E-state index is 12.3. The second-order valence-corrected chi connectivity index (χ2v) is 7.63. The average Bonchev–Trinajstić information content (AvgIpc) is 2.27. The van der Waals surface area contributed by atoms with E-state index < -0.39 is 10.8 Å².